The van der Waals surface area contributed by atoms with Crippen LogP contribution in [0.1, 0.15) is 37.8 Å². The number of benzene rings is 1. The molecular weight excluding hydrogens is 405 g/mol. The molecule has 0 radical (unpaired) electrons. The van der Waals surface area contributed by atoms with Crippen molar-refractivity contribution in [2.75, 3.05) is 18.8 Å². The van der Waals surface area contributed by atoms with Crippen LogP contribution in [0.3, 0.4) is 0 Å². The number of guanidine groups is 1. The zero-order valence-corrected chi connectivity index (χ0v) is 16.7. The van der Waals surface area contributed by atoms with E-state index in [4.69, 9.17) is 4.99 Å². The summed E-state index contributed by atoms with van der Waals surface area (Å²) in [5.74, 6) is 2.25. The molecule has 1 unspecified atom stereocenters. The molecule has 1 aliphatic rings. The van der Waals surface area contributed by atoms with Crippen LogP contribution in [0.15, 0.2) is 29.3 Å². The summed E-state index contributed by atoms with van der Waals surface area (Å²) in [6.07, 6.45) is 3.75. The maximum Gasteiger partial charge on any atom is 0.191 e. The standard InChI is InChI=1S/C17H27N3S.HI/c1-3-14-8-5-6-9-15(14)12-19-17(18-4-2)20-13-16-10-7-11-21-16;/h5-6,8-9,16H,3-4,7,10-13H2,1-2H3,(H2,18,19,20);1H. The summed E-state index contributed by atoms with van der Waals surface area (Å²) in [6, 6.07) is 8.57. The lowest BCUT2D eigenvalue weighted by Crippen LogP contribution is -2.40. The molecule has 1 saturated heterocycles. The lowest BCUT2D eigenvalue weighted by atomic mass is 10.1. The average molecular weight is 433 g/mol. The molecule has 0 saturated carbocycles. The summed E-state index contributed by atoms with van der Waals surface area (Å²) < 4.78 is 0. The number of hydrogen-bond acceptors (Lipinski definition) is 2. The van der Waals surface area contributed by atoms with Gasteiger partial charge in [0.15, 0.2) is 5.96 Å². The third-order valence-corrected chi connectivity index (χ3v) is 5.17. The number of aryl methyl sites for hydroxylation is 1. The molecule has 1 aliphatic heterocycles. The summed E-state index contributed by atoms with van der Waals surface area (Å²) in [6.45, 7) is 6.98. The van der Waals surface area contributed by atoms with E-state index >= 15 is 0 Å². The first kappa shape index (κ1) is 19.6. The second-order valence-electron chi connectivity index (χ2n) is 5.33. The van der Waals surface area contributed by atoms with Crippen LogP contribution in [-0.4, -0.2) is 30.1 Å². The lowest BCUT2D eigenvalue weighted by Gasteiger charge is -2.15. The normalized spacial score (nSPS) is 17.9. The van der Waals surface area contributed by atoms with Crippen molar-refractivity contribution in [1.82, 2.24) is 10.6 Å². The van der Waals surface area contributed by atoms with Crippen molar-refractivity contribution in [3.05, 3.63) is 35.4 Å². The summed E-state index contributed by atoms with van der Waals surface area (Å²) >= 11 is 2.08. The van der Waals surface area contributed by atoms with Crippen molar-refractivity contribution in [3.8, 4) is 0 Å². The molecule has 0 bridgehead atoms. The lowest BCUT2D eigenvalue weighted by molar-refractivity contribution is 0.727. The molecule has 5 heteroatoms. The number of halogens is 1. The molecule has 0 spiro atoms. The van der Waals surface area contributed by atoms with Crippen molar-refractivity contribution in [1.29, 1.82) is 0 Å². The monoisotopic (exact) mass is 433 g/mol. The smallest absolute Gasteiger partial charge is 0.191 e. The maximum atomic E-state index is 4.74. The van der Waals surface area contributed by atoms with Gasteiger partial charge in [-0.05, 0) is 43.1 Å². The molecule has 1 atom stereocenters. The van der Waals surface area contributed by atoms with Gasteiger partial charge in [0.2, 0.25) is 0 Å². The Hall–Kier alpha value is -0.430. The predicted octanol–water partition coefficient (Wildman–Crippen LogP) is 3.82. The van der Waals surface area contributed by atoms with E-state index in [-0.39, 0.29) is 24.0 Å². The van der Waals surface area contributed by atoms with E-state index in [1.807, 2.05) is 0 Å². The highest BCUT2D eigenvalue weighted by Gasteiger charge is 2.15. The van der Waals surface area contributed by atoms with Crippen molar-refractivity contribution in [2.24, 2.45) is 4.99 Å². The third-order valence-electron chi connectivity index (χ3n) is 3.77. The fourth-order valence-electron chi connectivity index (χ4n) is 2.58. The highest BCUT2D eigenvalue weighted by molar-refractivity contribution is 14.0. The molecule has 1 fully saturated rings. The highest BCUT2D eigenvalue weighted by Crippen LogP contribution is 2.25. The van der Waals surface area contributed by atoms with Gasteiger partial charge in [0.1, 0.15) is 0 Å². The Labute approximate surface area is 156 Å². The molecule has 0 aromatic heterocycles. The molecule has 2 N–H and O–H groups in total. The SMILES string of the molecule is CCNC(=NCc1ccccc1CC)NCC1CCCS1.I. The zero-order chi connectivity index (χ0) is 14.9. The van der Waals surface area contributed by atoms with Gasteiger partial charge in [-0.1, -0.05) is 31.2 Å². The van der Waals surface area contributed by atoms with Crippen LogP contribution in [0.25, 0.3) is 0 Å². The topological polar surface area (TPSA) is 36.4 Å². The molecule has 0 amide bonds. The minimum atomic E-state index is 0. The Bertz CT molecular complexity index is 459. The summed E-state index contributed by atoms with van der Waals surface area (Å²) in [5.41, 5.74) is 2.72. The Morgan fingerprint density at radius 2 is 2.00 bits per heavy atom. The van der Waals surface area contributed by atoms with Gasteiger partial charge in [-0.3, -0.25) is 0 Å². The maximum absolute atomic E-state index is 4.74. The third kappa shape index (κ3) is 6.36. The second kappa shape index (κ2) is 11.2. The molecular formula is C17H28IN3S. The van der Waals surface area contributed by atoms with Crippen LogP contribution < -0.4 is 10.6 Å². The van der Waals surface area contributed by atoms with E-state index in [2.05, 4.69) is 60.5 Å². The average Bonchev–Trinajstić information content (AvgIpc) is 3.03. The summed E-state index contributed by atoms with van der Waals surface area (Å²) in [5, 5.41) is 7.58. The summed E-state index contributed by atoms with van der Waals surface area (Å²) in [4.78, 5) is 4.74. The number of hydrogen-bond donors (Lipinski definition) is 2. The Morgan fingerprint density at radius 1 is 1.23 bits per heavy atom. The zero-order valence-electron chi connectivity index (χ0n) is 13.6. The van der Waals surface area contributed by atoms with Crippen molar-refractivity contribution >= 4 is 41.7 Å². The van der Waals surface area contributed by atoms with Crippen LogP contribution in [0.5, 0.6) is 0 Å². The molecule has 2 rings (SSSR count). The first-order valence-corrected chi connectivity index (χ1v) is 9.09. The quantitative estimate of drug-likeness (QED) is 0.407. The molecule has 22 heavy (non-hydrogen) atoms. The largest absolute Gasteiger partial charge is 0.357 e. The van der Waals surface area contributed by atoms with Gasteiger partial charge < -0.3 is 10.6 Å². The van der Waals surface area contributed by atoms with Crippen molar-refractivity contribution in [3.63, 3.8) is 0 Å². The summed E-state index contributed by atoms with van der Waals surface area (Å²) in [7, 11) is 0. The predicted molar refractivity (Wildman–Crippen MR) is 110 cm³/mol. The van der Waals surface area contributed by atoms with Gasteiger partial charge in [-0.15, -0.1) is 24.0 Å². The number of nitrogens with zero attached hydrogens (tertiary/aromatic N) is 1. The van der Waals surface area contributed by atoms with Gasteiger partial charge in [-0.25, -0.2) is 4.99 Å². The number of rotatable bonds is 6. The Kier molecular flexibility index (Phi) is 9.95. The van der Waals surface area contributed by atoms with E-state index in [0.29, 0.717) is 0 Å². The molecule has 3 nitrogen and oxygen atoms in total. The first-order chi connectivity index (χ1) is 10.3. The second-order valence-corrected chi connectivity index (χ2v) is 6.74. The molecule has 1 aromatic rings. The van der Waals surface area contributed by atoms with Gasteiger partial charge in [-0.2, -0.15) is 11.8 Å². The van der Waals surface area contributed by atoms with Crippen LogP contribution in [0.4, 0.5) is 0 Å². The minimum absolute atomic E-state index is 0. The van der Waals surface area contributed by atoms with E-state index in [1.165, 1.54) is 29.7 Å². The molecule has 1 heterocycles. The first-order valence-electron chi connectivity index (χ1n) is 8.04. The van der Waals surface area contributed by atoms with E-state index in [9.17, 15) is 0 Å². The Morgan fingerprint density at radius 3 is 2.64 bits per heavy atom. The molecule has 0 aliphatic carbocycles. The van der Waals surface area contributed by atoms with Crippen LogP contribution in [-0.2, 0) is 13.0 Å². The minimum Gasteiger partial charge on any atom is -0.357 e. The van der Waals surface area contributed by atoms with Gasteiger partial charge in [0, 0.05) is 18.3 Å². The fraction of sp³-hybridized carbons (Fsp3) is 0.588. The number of aliphatic imine (C=N–C) groups is 1. The van der Waals surface area contributed by atoms with Gasteiger partial charge in [0.05, 0.1) is 6.54 Å². The fourth-order valence-corrected chi connectivity index (χ4v) is 3.78. The van der Waals surface area contributed by atoms with Crippen molar-refractivity contribution < 1.29 is 0 Å². The van der Waals surface area contributed by atoms with E-state index in [0.717, 1.165) is 37.3 Å². The highest BCUT2D eigenvalue weighted by atomic mass is 127. The van der Waals surface area contributed by atoms with Gasteiger partial charge >= 0.3 is 0 Å². The number of thioether (sulfide) groups is 1. The molecule has 1 aromatic carbocycles. The van der Waals surface area contributed by atoms with Crippen LogP contribution in [0, 0.1) is 0 Å². The van der Waals surface area contributed by atoms with Crippen molar-refractivity contribution in [2.45, 2.75) is 44.9 Å². The van der Waals surface area contributed by atoms with E-state index < -0.39 is 0 Å². The van der Waals surface area contributed by atoms with Gasteiger partial charge in [0.25, 0.3) is 0 Å². The van der Waals surface area contributed by atoms with Crippen LogP contribution in [0.2, 0.25) is 0 Å². The Balaban J connectivity index is 0.00000242. The van der Waals surface area contributed by atoms with Crippen LogP contribution >= 0.6 is 35.7 Å². The van der Waals surface area contributed by atoms with E-state index in [1.54, 1.807) is 0 Å². The molecule has 124 valence electrons. The number of nitrogens with one attached hydrogen (secondary N) is 2.